The molecule has 0 radical (unpaired) electrons. The van der Waals surface area contributed by atoms with E-state index in [0.717, 1.165) is 16.5 Å². The predicted molar refractivity (Wildman–Crippen MR) is 129 cm³/mol. The van der Waals surface area contributed by atoms with E-state index in [1.807, 2.05) is 61.2 Å². The highest BCUT2D eigenvalue weighted by atomic mass is 79.9. The molecule has 0 saturated carbocycles. The van der Waals surface area contributed by atoms with Gasteiger partial charge in [0.2, 0.25) is 5.91 Å². The first-order chi connectivity index (χ1) is 15.4. The maximum absolute atomic E-state index is 12.9. The second-order valence-electron chi connectivity index (χ2n) is 8.20. The molecule has 1 atom stereocenters. The Morgan fingerprint density at radius 3 is 2.47 bits per heavy atom. The average molecular weight is 500 g/mol. The summed E-state index contributed by atoms with van der Waals surface area (Å²) >= 11 is 3.41. The van der Waals surface area contributed by atoms with Crippen LogP contribution in [0.1, 0.15) is 52.5 Å². The Bertz CT molecular complexity index is 970. The van der Waals surface area contributed by atoms with Crippen molar-refractivity contribution < 1.29 is 14.4 Å². The summed E-state index contributed by atoms with van der Waals surface area (Å²) in [5.74, 6) is -0.454. The SMILES string of the molecule is CCCNC(=O)[C@@H](NC(=O)c1ccccc1C)C1CCN(C(=O)c2cccc(Br)c2)CC1. The molecule has 3 rings (SSSR count). The third kappa shape index (κ3) is 5.97. The van der Waals surface area contributed by atoms with Gasteiger partial charge in [0.05, 0.1) is 0 Å². The number of nitrogens with one attached hydrogen (secondary N) is 2. The Labute approximate surface area is 197 Å². The van der Waals surface area contributed by atoms with Crippen molar-refractivity contribution in [2.24, 2.45) is 5.92 Å². The van der Waals surface area contributed by atoms with Crippen LogP contribution >= 0.6 is 15.9 Å². The zero-order valence-corrected chi connectivity index (χ0v) is 20.2. The van der Waals surface area contributed by atoms with E-state index in [9.17, 15) is 14.4 Å². The first-order valence-electron chi connectivity index (χ1n) is 11.1. The Hall–Kier alpha value is -2.67. The van der Waals surface area contributed by atoms with E-state index in [0.29, 0.717) is 43.6 Å². The molecular formula is C25H30BrN3O3. The van der Waals surface area contributed by atoms with Gasteiger partial charge in [-0.2, -0.15) is 0 Å². The lowest BCUT2D eigenvalue weighted by molar-refractivity contribution is -0.124. The van der Waals surface area contributed by atoms with Crippen LogP contribution in [0.2, 0.25) is 0 Å². The molecular weight excluding hydrogens is 470 g/mol. The monoisotopic (exact) mass is 499 g/mol. The summed E-state index contributed by atoms with van der Waals surface area (Å²) in [5, 5.41) is 5.90. The number of halogens is 1. The molecule has 2 aromatic rings. The molecule has 0 spiro atoms. The molecule has 0 unspecified atom stereocenters. The molecule has 1 aliphatic heterocycles. The summed E-state index contributed by atoms with van der Waals surface area (Å²) in [6.07, 6.45) is 2.12. The van der Waals surface area contributed by atoms with Crippen LogP contribution in [0, 0.1) is 12.8 Å². The smallest absolute Gasteiger partial charge is 0.253 e. The number of aryl methyl sites for hydroxylation is 1. The first kappa shape index (κ1) is 24.0. The van der Waals surface area contributed by atoms with Gasteiger partial charge in [-0.3, -0.25) is 14.4 Å². The highest BCUT2D eigenvalue weighted by Gasteiger charge is 2.34. The van der Waals surface area contributed by atoms with E-state index in [2.05, 4.69) is 26.6 Å². The zero-order valence-electron chi connectivity index (χ0n) is 18.6. The molecule has 1 heterocycles. The normalized spacial score (nSPS) is 15.2. The van der Waals surface area contributed by atoms with Gasteiger partial charge in [-0.15, -0.1) is 0 Å². The van der Waals surface area contributed by atoms with Gasteiger partial charge in [0, 0.05) is 35.2 Å². The Morgan fingerprint density at radius 1 is 1.09 bits per heavy atom. The van der Waals surface area contributed by atoms with E-state index < -0.39 is 6.04 Å². The largest absolute Gasteiger partial charge is 0.354 e. The number of piperidine rings is 1. The van der Waals surface area contributed by atoms with Gasteiger partial charge in [-0.25, -0.2) is 0 Å². The van der Waals surface area contributed by atoms with Crippen molar-refractivity contribution in [3.8, 4) is 0 Å². The summed E-state index contributed by atoms with van der Waals surface area (Å²) in [6.45, 7) is 5.54. The Kier molecular flexibility index (Phi) is 8.45. The molecule has 0 bridgehead atoms. The third-order valence-electron chi connectivity index (χ3n) is 5.88. The second-order valence-corrected chi connectivity index (χ2v) is 9.11. The summed E-state index contributed by atoms with van der Waals surface area (Å²) < 4.78 is 0.866. The highest BCUT2D eigenvalue weighted by Crippen LogP contribution is 2.24. The number of rotatable bonds is 7. The number of nitrogens with zero attached hydrogens (tertiary/aromatic N) is 1. The average Bonchev–Trinajstić information content (AvgIpc) is 2.81. The number of amides is 3. The molecule has 2 N–H and O–H groups in total. The quantitative estimate of drug-likeness (QED) is 0.605. The minimum Gasteiger partial charge on any atom is -0.354 e. The topological polar surface area (TPSA) is 78.5 Å². The van der Waals surface area contributed by atoms with Crippen molar-refractivity contribution in [2.75, 3.05) is 19.6 Å². The minimum atomic E-state index is -0.628. The van der Waals surface area contributed by atoms with Crippen LogP contribution in [0.4, 0.5) is 0 Å². The fraction of sp³-hybridized carbons (Fsp3) is 0.400. The molecule has 1 fully saturated rings. The summed E-state index contributed by atoms with van der Waals surface area (Å²) in [7, 11) is 0. The molecule has 1 aliphatic rings. The third-order valence-corrected chi connectivity index (χ3v) is 6.37. The molecule has 3 amide bonds. The molecule has 32 heavy (non-hydrogen) atoms. The van der Waals surface area contributed by atoms with E-state index in [4.69, 9.17) is 0 Å². The van der Waals surface area contributed by atoms with E-state index in [-0.39, 0.29) is 23.6 Å². The maximum Gasteiger partial charge on any atom is 0.253 e. The van der Waals surface area contributed by atoms with Crippen molar-refractivity contribution in [2.45, 2.75) is 39.2 Å². The van der Waals surface area contributed by atoms with Crippen LogP contribution < -0.4 is 10.6 Å². The number of carbonyl (C=O) groups excluding carboxylic acids is 3. The molecule has 170 valence electrons. The van der Waals surface area contributed by atoms with Crippen LogP contribution in [-0.4, -0.2) is 48.3 Å². The molecule has 7 heteroatoms. The van der Waals surface area contributed by atoms with Gasteiger partial charge in [0.15, 0.2) is 0 Å². The highest BCUT2D eigenvalue weighted by molar-refractivity contribution is 9.10. The predicted octanol–water partition coefficient (Wildman–Crippen LogP) is 3.93. The molecule has 2 aromatic carbocycles. The van der Waals surface area contributed by atoms with Gasteiger partial charge < -0.3 is 15.5 Å². The van der Waals surface area contributed by atoms with Crippen LogP contribution in [0.25, 0.3) is 0 Å². The van der Waals surface area contributed by atoms with Gasteiger partial charge in [-0.1, -0.05) is 47.1 Å². The number of carbonyl (C=O) groups is 3. The molecule has 0 aliphatic carbocycles. The van der Waals surface area contributed by atoms with Crippen molar-refractivity contribution >= 4 is 33.7 Å². The summed E-state index contributed by atoms with van der Waals surface area (Å²) in [6, 6.07) is 14.1. The zero-order chi connectivity index (χ0) is 23.1. The summed E-state index contributed by atoms with van der Waals surface area (Å²) in [5.41, 5.74) is 2.08. The summed E-state index contributed by atoms with van der Waals surface area (Å²) in [4.78, 5) is 40.5. The maximum atomic E-state index is 12.9. The van der Waals surface area contributed by atoms with E-state index in [1.54, 1.807) is 6.07 Å². The molecule has 0 aromatic heterocycles. The van der Waals surface area contributed by atoms with Gasteiger partial charge in [0.25, 0.3) is 11.8 Å². The number of hydrogen-bond donors (Lipinski definition) is 2. The van der Waals surface area contributed by atoms with Gasteiger partial charge >= 0.3 is 0 Å². The van der Waals surface area contributed by atoms with Crippen LogP contribution in [0.15, 0.2) is 53.0 Å². The fourth-order valence-electron chi connectivity index (χ4n) is 4.04. The minimum absolute atomic E-state index is 0.0133. The molecule has 6 nitrogen and oxygen atoms in total. The van der Waals surface area contributed by atoms with Crippen LogP contribution in [0.5, 0.6) is 0 Å². The van der Waals surface area contributed by atoms with Gasteiger partial charge in [0.1, 0.15) is 6.04 Å². The fourth-order valence-corrected chi connectivity index (χ4v) is 4.44. The lowest BCUT2D eigenvalue weighted by atomic mass is 9.88. The van der Waals surface area contributed by atoms with Crippen molar-refractivity contribution in [3.63, 3.8) is 0 Å². The lowest BCUT2D eigenvalue weighted by Crippen LogP contribution is -2.54. The van der Waals surface area contributed by atoms with Crippen molar-refractivity contribution in [1.29, 1.82) is 0 Å². The second kappa shape index (κ2) is 11.3. The standard InChI is InChI=1S/C25H30BrN3O3/c1-3-13-27-24(31)22(28-23(30)21-10-5-4-7-17(21)2)18-11-14-29(15-12-18)25(32)19-8-6-9-20(26)16-19/h4-10,16,18,22H,3,11-15H2,1-2H3,(H,27,31)(H,28,30)/t22-/m0/s1. The van der Waals surface area contributed by atoms with Crippen molar-refractivity contribution in [3.05, 3.63) is 69.7 Å². The Morgan fingerprint density at radius 2 is 1.81 bits per heavy atom. The number of hydrogen-bond acceptors (Lipinski definition) is 3. The number of likely N-dealkylation sites (tertiary alicyclic amines) is 1. The van der Waals surface area contributed by atoms with Crippen LogP contribution in [-0.2, 0) is 4.79 Å². The van der Waals surface area contributed by atoms with Crippen molar-refractivity contribution in [1.82, 2.24) is 15.5 Å². The van der Waals surface area contributed by atoms with Gasteiger partial charge in [-0.05, 0) is 61.9 Å². The van der Waals surface area contributed by atoms with E-state index >= 15 is 0 Å². The number of benzene rings is 2. The first-order valence-corrected chi connectivity index (χ1v) is 11.9. The molecule has 1 saturated heterocycles. The van der Waals surface area contributed by atoms with E-state index in [1.165, 1.54) is 0 Å². The van der Waals surface area contributed by atoms with Crippen LogP contribution in [0.3, 0.4) is 0 Å². The lowest BCUT2D eigenvalue weighted by Gasteiger charge is -2.36. The Balaban J connectivity index is 1.69.